The van der Waals surface area contributed by atoms with Crippen LogP contribution in [-0.4, -0.2) is 36.2 Å². The fourth-order valence-electron chi connectivity index (χ4n) is 3.18. The van der Waals surface area contributed by atoms with E-state index in [9.17, 15) is 19.2 Å². The first-order valence-corrected chi connectivity index (χ1v) is 9.42. The molecule has 2 amide bonds. The lowest BCUT2D eigenvalue weighted by Gasteiger charge is -2.21. The number of hydrogen-bond donors (Lipinski definition) is 1. The van der Waals surface area contributed by atoms with Crippen LogP contribution in [0.1, 0.15) is 42.2 Å². The summed E-state index contributed by atoms with van der Waals surface area (Å²) in [6.07, 6.45) is -0.708. The Morgan fingerprint density at radius 1 is 1.03 bits per heavy atom. The molecule has 7 heteroatoms. The molecule has 0 unspecified atom stereocenters. The van der Waals surface area contributed by atoms with Gasteiger partial charge >= 0.3 is 5.97 Å². The largest absolute Gasteiger partial charge is 0.451 e. The van der Waals surface area contributed by atoms with E-state index in [1.54, 1.807) is 25.1 Å². The summed E-state index contributed by atoms with van der Waals surface area (Å²) in [5.74, 6) is -2.60. The van der Waals surface area contributed by atoms with Gasteiger partial charge in [-0.3, -0.25) is 24.1 Å². The zero-order valence-electron chi connectivity index (χ0n) is 16.3. The molecule has 3 rings (SSSR count). The van der Waals surface area contributed by atoms with Gasteiger partial charge in [0.15, 0.2) is 6.10 Å². The Hall–Kier alpha value is -3.48. The van der Waals surface area contributed by atoms with Crippen LogP contribution in [0.15, 0.2) is 54.6 Å². The lowest BCUT2D eigenvalue weighted by atomic mass is 10.1. The Bertz CT molecular complexity index is 941. The number of ether oxygens (including phenoxy) is 1. The third-order valence-electron chi connectivity index (χ3n) is 4.76. The molecule has 7 nitrogen and oxygen atoms in total. The number of carbonyl (C=O) groups excluding carboxylic acids is 4. The first-order valence-electron chi connectivity index (χ1n) is 9.42. The molecule has 0 aliphatic carbocycles. The monoisotopic (exact) mass is 394 g/mol. The standard InChI is InChI=1S/C22H22N2O5/c1-3-18(21(27)23-14(2)15-9-5-4-6-10-15)29-19(25)13-24-17-12-8-7-11-16(17)20(26)22(24)28/h4-12,14,18H,3,13H2,1-2H3,(H,23,27)/t14-,18+/m0/s1. The molecular formula is C22H22N2O5. The molecule has 1 aliphatic heterocycles. The number of amides is 2. The first kappa shape index (κ1) is 20.3. The average Bonchev–Trinajstić information content (AvgIpc) is 2.97. The maximum Gasteiger partial charge on any atom is 0.326 e. The molecule has 1 heterocycles. The van der Waals surface area contributed by atoms with Crippen molar-refractivity contribution in [3.8, 4) is 0 Å². The Morgan fingerprint density at radius 2 is 1.69 bits per heavy atom. The van der Waals surface area contributed by atoms with E-state index in [1.807, 2.05) is 37.3 Å². The highest BCUT2D eigenvalue weighted by Gasteiger charge is 2.37. The van der Waals surface area contributed by atoms with Crippen LogP contribution in [0.5, 0.6) is 0 Å². The second-order valence-electron chi connectivity index (χ2n) is 6.77. The summed E-state index contributed by atoms with van der Waals surface area (Å²) in [6.45, 7) is 3.14. The van der Waals surface area contributed by atoms with Crippen molar-refractivity contribution in [3.05, 3.63) is 65.7 Å². The van der Waals surface area contributed by atoms with Gasteiger partial charge in [-0.2, -0.15) is 0 Å². The number of rotatable bonds is 7. The van der Waals surface area contributed by atoms with Gasteiger partial charge in [-0.05, 0) is 31.0 Å². The summed E-state index contributed by atoms with van der Waals surface area (Å²) in [7, 11) is 0. The number of ketones is 1. The predicted molar refractivity (Wildman–Crippen MR) is 106 cm³/mol. The van der Waals surface area contributed by atoms with E-state index in [0.29, 0.717) is 5.69 Å². The highest BCUT2D eigenvalue weighted by molar-refractivity contribution is 6.52. The lowest BCUT2D eigenvalue weighted by Crippen LogP contribution is -2.42. The van der Waals surface area contributed by atoms with Gasteiger partial charge in [0.05, 0.1) is 17.3 Å². The SMILES string of the molecule is CC[C@@H](OC(=O)CN1C(=O)C(=O)c2ccccc21)C(=O)N[C@@H](C)c1ccccc1. The molecule has 0 saturated carbocycles. The predicted octanol–water partition coefficient (Wildman–Crippen LogP) is 2.42. The van der Waals surface area contributed by atoms with Gasteiger partial charge < -0.3 is 10.1 Å². The normalized spacial score (nSPS) is 14.9. The average molecular weight is 394 g/mol. The molecule has 1 aliphatic rings. The van der Waals surface area contributed by atoms with Crippen LogP contribution in [0.3, 0.4) is 0 Å². The molecule has 2 aromatic carbocycles. The molecule has 0 fully saturated rings. The second kappa shape index (κ2) is 8.68. The molecule has 0 radical (unpaired) electrons. The number of nitrogens with zero attached hydrogens (tertiary/aromatic N) is 1. The van der Waals surface area contributed by atoms with Gasteiger partial charge in [0.2, 0.25) is 0 Å². The van der Waals surface area contributed by atoms with E-state index >= 15 is 0 Å². The van der Waals surface area contributed by atoms with E-state index < -0.39 is 36.2 Å². The molecule has 150 valence electrons. The maximum absolute atomic E-state index is 12.5. The number of fused-ring (bicyclic) bond motifs is 1. The number of nitrogens with one attached hydrogen (secondary N) is 1. The zero-order valence-corrected chi connectivity index (χ0v) is 16.3. The minimum Gasteiger partial charge on any atom is -0.451 e. The Labute approximate surface area is 168 Å². The fourth-order valence-corrected chi connectivity index (χ4v) is 3.18. The van der Waals surface area contributed by atoms with Crippen molar-refractivity contribution in [1.29, 1.82) is 0 Å². The number of hydrogen-bond acceptors (Lipinski definition) is 5. The molecular weight excluding hydrogens is 372 g/mol. The van der Waals surface area contributed by atoms with Gasteiger partial charge in [0, 0.05) is 0 Å². The second-order valence-corrected chi connectivity index (χ2v) is 6.77. The molecule has 29 heavy (non-hydrogen) atoms. The van der Waals surface area contributed by atoms with Crippen LogP contribution >= 0.6 is 0 Å². The molecule has 0 aromatic heterocycles. The number of anilines is 1. The number of esters is 1. The van der Waals surface area contributed by atoms with Crippen molar-refractivity contribution >= 4 is 29.3 Å². The van der Waals surface area contributed by atoms with Crippen molar-refractivity contribution in [2.75, 3.05) is 11.4 Å². The molecule has 0 saturated heterocycles. The van der Waals surface area contributed by atoms with Crippen LogP contribution in [0.25, 0.3) is 0 Å². The summed E-state index contributed by atoms with van der Waals surface area (Å²) in [6, 6.07) is 15.6. The molecule has 0 spiro atoms. The Kier molecular flexibility index (Phi) is 6.07. The van der Waals surface area contributed by atoms with Crippen molar-refractivity contribution < 1.29 is 23.9 Å². The third kappa shape index (κ3) is 4.34. The summed E-state index contributed by atoms with van der Waals surface area (Å²) in [5, 5.41) is 2.83. The number of carbonyl (C=O) groups is 4. The van der Waals surface area contributed by atoms with E-state index in [2.05, 4.69) is 5.32 Å². The number of Topliss-reactive ketones (excluding diaryl/α,β-unsaturated/α-hetero) is 1. The summed E-state index contributed by atoms with van der Waals surface area (Å²) >= 11 is 0. The van der Waals surface area contributed by atoms with Gasteiger partial charge in [0.1, 0.15) is 6.54 Å². The topological polar surface area (TPSA) is 92.8 Å². The zero-order chi connectivity index (χ0) is 21.0. The Balaban J connectivity index is 1.62. The highest BCUT2D eigenvalue weighted by Crippen LogP contribution is 2.28. The first-order chi connectivity index (χ1) is 13.9. The molecule has 2 aromatic rings. The third-order valence-corrected chi connectivity index (χ3v) is 4.76. The van der Waals surface area contributed by atoms with E-state index in [-0.39, 0.29) is 18.0 Å². The van der Waals surface area contributed by atoms with Crippen molar-refractivity contribution in [2.45, 2.75) is 32.4 Å². The minimum absolute atomic E-state index is 0.249. The van der Waals surface area contributed by atoms with Gasteiger partial charge in [0.25, 0.3) is 17.6 Å². The van der Waals surface area contributed by atoms with Crippen LogP contribution in [0.2, 0.25) is 0 Å². The number of para-hydroxylation sites is 1. The van der Waals surface area contributed by atoms with E-state index in [1.165, 1.54) is 6.07 Å². The maximum atomic E-state index is 12.5. The van der Waals surface area contributed by atoms with Crippen molar-refractivity contribution in [1.82, 2.24) is 5.32 Å². The summed E-state index contributed by atoms with van der Waals surface area (Å²) in [4.78, 5) is 50.2. The van der Waals surface area contributed by atoms with Gasteiger partial charge in [-0.25, -0.2) is 0 Å². The molecule has 0 bridgehead atoms. The van der Waals surface area contributed by atoms with Crippen LogP contribution < -0.4 is 10.2 Å². The summed E-state index contributed by atoms with van der Waals surface area (Å²) < 4.78 is 5.30. The van der Waals surface area contributed by atoms with Crippen LogP contribution in [0.4, 0.5) is 5.69 Å². The number of benzene rings is 2. The van der Waals surface area contributed by atoms with Crippen LogP contribution in [0, 0.1) is 0 Å². The lowest BCUT2D eigenvalue weighted by molar-refractivity contribution is -0.155. The van der Waals surface area contributed by atoms with Gasteiger partial charge in [-0.15, -0.1) is 0 Å². The highest BCUT2D eigenvalue weighted by atomic mass is 16.5. The molecule has 2 atom stereocenters. The smallest absolute Gasteiger partial charge is 0.326 e. The van der Waals surface area contributed by atoms with E-state index in [4.69, 9.17) is 4.74 Å². The van der Waals surface area contributed by atoms with E-state index in [0.717, 1.165) is 10.5 Å². The fraction of sp³-hybridized carbons (Fsp3) is 0.273. The van der Waals surface area contributed by atoms with Crippen molar-refractivity contribution in [3.63, 3.8) is 0 Å². The molecule has 1 N–H and O–H groups in total. The quantitative estimate of drug-likeness (QED) is 0.575. The minimum atomic E-state index is -0.989. The Morgan fingerprint density at radius 3 is 2.38 bits per heavy atom. The van der Waals surface area contributed by atoms with Crippen LogP contribution in [-0.2, 0) is 19.1 Å². The summed E-state index contributed by atoms with van der Waals surface area (Å²) in [5.41, 5.74) is 1.56. The van der Waals surface area contributed by atoms with Crippen molar-refractivity contribution in [2.24, 2.45) is 0 Å². The van der Waals surface area contributed by atoms with Gasteiger partial charge in [-0.1, -0.05) is 49.4 Å².